The van der Waals surface area contributed by atoms with Crippen molar-refractivity contribution in [3.05, 3.63) is 47.5 Å². The van der Waals surface area contributed by atoms with E-state index in [1.54, 1.807) is 6.07 Å². The zero-order valence-corrected chi connectivity index (χ0v) is 15.2. The highest BCUT2D eigenvalue weighted by molar-refractivity contribution is 5.76. The van der Waals surface area contributed by atoms with Crippen LogP contribution < -0.4 is 5.32 Å². The first-order valence-corrected chi connectivity index (χ1v) is 8.93. The van der Waals surface area contributed by atoms with Gasteiger partial charge in [-0.05, 0) is 69.0 Å². The van der Waals surface area contributed by atoms with Gasteiger partial charge in [0, 0.05) is 22.2 Å². The molecule has 1 aliphatic carbocycles. The normalized spacial score (nSPS) is 29.0. The standard InChI is InChI=1S/C21H23F2NO2/c1-19(2)21(26)8-4-7-20(21,3)15-10-13(16(23)11-17(15)24-19)14-9-12(22)5-6-18(14)25/h5-6,9-11,24-26H,4,7-8H2,1-3H3. The summed E-state index contributed by atoms with van der Waals surface area (Å²) < 4.78 is 28.5. The molecule has 1 saturated carbocycles. The molecule has 3 nitrogen and oxygen atoms in total. The number of fused-ring (bicyclic) bond motifs is 3. The molecule has 26 heavy (non-hydrogen) atoms. The number of anilines is 1. The van der Waals surface area contributed by atoms with Gasteiger partial charge in [0.1, 0.15) is 17.4 Å². The zero-order chi connectivity index (χ0) is 18.9. The summed E-state index contributed by atoms with van der Waals surface area (Å²) in [6.45, 7) is 5.88. The van der Waals surface area contributed by atoms with Gasteiger partial charge < -0.3 is 15.5 Å². The highest BCUT2D eigenvalue weighted by Gasteiger charge is 2.62. The molecule has 4 rings (SSSR count). The van der Waals surface area contributed by atoms with E-state index in [2.05, 4.69) is 5.32 Å². The first-order chi connectivity index (χ1) is 12.1. The fraction of sp³-hybridized carbons (Fsp3) is 0.429. The summed E-state index contributed by atoms with van der Waals surface area (Å²) in [5.41, 5.74) is -0.453. The predicted molar refractivity (Wildman–Crippen MR) is 97.3 cm³/mol. The van der Waals surface area contributed by atoms with E-state index in [9.17, 15) is 19.0 Å². The lowest BCUT2D eigenvalue weighted by atomic mass is 9.60. The Morgan fingerprint density at radius 2 is 1.73 bits per heavy atom. The van der Waals surface area contributed by atoms with E-state index in [4.69, 9.17) is 0 Å². The van der Waals surface area contributed by atoms with E-state index in [0.29, 0.717) is 12.1 Å². The van der Waals surface area contributed by atoms with E-state index in [1.807, 2.05) is 20.8 Å². The molecule has 2 aromatic rings. The van der Waals surface area contributed by atoms with Crippen LogP contribution >= 0.6 is 0 Å². The van der Waals surface area contributed by atoms with Crippen LogP contribution in [0.2, 0.25) is 0 Å². The summed E-state index contributed by atoms with van der Waals surface area (Å²) in [4.78, 5) is 0. The molecule has 2 atom stereocenters. The molecule has 0 saturated heterocycles. The first-order valence-electron chi connectivity index (χ1n) is 8.93. The highest BCUT2D eigenvalue weighted by Crippen LogP contribution is 2.59. The van der Waals surface area contributed by atoms with Crippen LogP contribution in [-0.4, -0.2) is 21.4 Å². The molecule has 0 aromatic heterocycles. The highest BCUT2D eigenvalue weighted by atomic mass is 19.1. The monoisotopic (exact) mass is 359 g/mol. The van der Waals surface area contributed by atoms with Crippen molar-refractivity contribution >= 4 is 5.69 Å². The van der Waals surface area contributed by atoms with Gasteiger partial charge in [-0.2, -0.15) is 0 Å². The molecule has 0 radical (unpaired) electrons. The summed E-state index contributed by atoms with van der Waals surface area (Å²) in [7, 11) is 0. The number of hydrogen-bond acceptors (Lipinski definition) is 3. The quantitative estimate of drug-likeness (QED) is 0.691. The molecule has 0 spiro atoms. The van der Waals surface area contributed by atoms with Gasteiger partial charge in [-0.25, -0.2) is 8.78 Å². The first kappa shape index (κ1) is 17.3. The van der Waals surface area contributed by atoms with E-state index in [-0.39, 0.29) is 16.9 Å². The maximum atomic E-state index is 14.9. The number of aliphatic hydroxyl groups is 1. The van der Waals surface area contributed by atoms with Gasteiger partial charge in [-0.3, -0.25) is 0 Å². The van der Waals surface area contributed by atoms with Crippen LogP contribution in [0, 0.1) is 11.6 Å². The van der Waals surface area contributed by atoms with E-state index in [0.717, 1.165) is 30.5 Å². The zero-order valence-electron chi connectivity index (χ0n) is 15.2. The molecular weight excluding hydrogens is 336 g/mol. The summed E-state index contributed by atoms with van der Waals surface area (Å²) >= 11 is 0. The second kappa shape index (κ2) is 5.19. The molecule has 2 aliphatic rings. The lowest BCUT2D eigenvalue weighted by Gasteiger charge is -2.55. The Bertz CT molecular complexity index is 911. The molecule has 0 amide bonds. The van der Waals surface area contributed by atoms with Crippen LogP contribution in [0.1, 0.15) is 45.6 Å². The van der Waals surface area contributed by atoms with Crippen molar-refractivity contribution in [2.24, 2.45) is 0 Å². The minimum Gasteiger partial charge on any atom is -0.507 e. The number of rotatable bonds is 1. The molecule has 1 fully saturated rings. The third-order valence-corrected chi connectivity index (χ3v) is 6.56. The summed E-state index contributed by atoms with van der Waals surface area (Å²) in [6, 6.07) is 6.52. The van der Waals surface area contributed by atoms with Crippen molar-refractivity contribution in [1.82, 2.24) is 0 Å². The number of benzene rings is 2. The Kier molecular flexibility index (Phi) is 3.45. The number of nitrogens with one attached hydrogen (secondary N) is 1. The van der Waals surface area contributed by atoms with Crippen molar-refractivity contribution in [2.75, 3.05) is 5.32 Å². The molecular formula is C21H23F2NO2. The maximum Gasteiger partial charge on any atom is 0.133 e. The smallest absolute Gasteiger partial charge is 0.133 e. The topological polar surface area (TPSA) is 52.5 Å². The predicted octanol–water partition coefficient (Wildman–Crippen LogP) is 4.71. The van der Waals surface area contributed by atoms with Crippen LogP contribution in [0.5, 0.6) is 5.75 Å². The Morgan fingerprint density at radius 1 is 1.00 bits per heavy atom. The molecule has 2 aromatic carbocycles. The average molecular weight is 359 g/mol. The van der Waals surface area contributed by atoms with Crippen molar-refractivity contribution in [1.29, 1.82) is 0 Å². The Balaban J connectivity index is 1.97. The molecule has 138 valence electrons. The number of halogens is 2. The lowest BCUT2D eigenvalue weighted by molar-refractivity contribution is -0.0628. The maximum absolute atomic E-state index is 14.9. The number of aromatic hydroxyl groups is 1. The average Bonchev–Trinajstić information content (AvgIpc) is 2.87. The number of phenols is 1. The van der Waals surface area contributed by atoms with Gasteiger partial charge in [0.15, 0.2) is 0 Å². The Hall–Kier alpha value is -2.14. The van der Waals surface area contributed by atoms with Gasteiger partial charge in [-0.1, -0.05) is 6.92 Å². The van der Waals surface area contributed by atoms with Gasteiger partial charge in [0.2, 0.25) is 0 Å². The SMILES string of the molecule is CC1(C)Nc2cc(F)c(-c3cc(F)ccc3O)cc2C2(C)CCCC12O. The van der Waals surface area contributed by atoms with Crippen LogP contribution in [-0.2, 0) is 5.41 Å². The van der Waals surface area contributed by atoms with E-state index in [1.165, 1.54) is 12.1 Å². The second-order valence-corrected chi connectivity index (χ2v) is 8.34. The minimum absolute atomic E-state index is 0.111. The molecule has 1 aliphatic heterocycles. The summed E-state index contributed by atoms with van der Waals surface area (Å²) in [5.74, 6) is -1.26. The van der Waals surface area contributed by atoms with Gasteiger partial charge in [0.05, 0.1) is 11.1 Å². The van der Waals surface area contributed by atoms with Gasteiger partial charge in [-0.15, -0.1) is 0 Å². The Morgan fingerprint density at radius 3 is 2.46 bits per heavy atom. The van der Waals surface area contributed by atoms with Gasteiger partial charge >= 0.3 is 0 Å². The third kappa shape index (κ3) is 2.07. The van der Waals surface area contributed by atoms with Crippen molar-refractivity contribution in [3.8, 4) is 16.9 Å². The third-order valence-electron chi connectivity index (χ3n) is 6.56. The molecule has 0 bridgehead atoms. The largest absolute Gasteiger partial charge is 0.507 e. The number of hydrogen-bond donors (Lipinski definition) is 3. The van der Waals surface area contributed by atoms with Crippen LogP contribution in [0.4, 0.5) is 14.5 Å². The lowest BCUT2D eigenvalue weighted by Crippen LogP contribution is -2.65. The van der Waals surface area contributed by atoms with Crippen LogP contribution in [0.15, 0.2) is 30.3 Å². The number of phenolic OH excluding ortho intramolecular Hbond substituents is 1. The van der Waals surface area contributed by atoms with Crippen molar-refractivity contribution < 1.29 is 19.0 Å². The van der Waals surface area contributed by atoms with Gasteiger partial charge in [0.25, 0.3) is 0 Å². The summed E-state index contributed by atoms with van der Waals surface area (Å²) in [6.07, 6.45) is 2.30. The van der Waals surface area contributed by atoms with Crippen LogP contribution in [0.25, 0.3) is 11.1 Å². The second-order valence-electron chi connectivity index (χ2n) is 8.34. The fourth-order valence-corrected chi connectivity index (χ4v) is 5.04. The molecule has 5 heteroatoms. The molecule has 3 N–H and O–H groups in total. The summed E-state index contributed by atoms with van der Waals surface area (Å²) in [5, 5.41) is 24.9. The van der Waals surface area contributed by atoms with Crippen molar-refractivity contribution in [2.45, 2.75) is 56.6 Å². The van der Waals surface area contributed by atoms with Crippen molar-refractivity contribution in [3.63, 3.8) is 0 Å². The van der Waals surface area contributed by atoms with E-state index >= 15 is 0 Å². The van der Waals surface area contributed by atoms with Crippen LogP contribution in [0.3, 0.4) is 0 Å². The Labute approximate surface area is 151 Å². The molecule has 2 unspecified atom stereocenters. The van der Waals surface area contributed by atoms with E-state index < -0.39 is 28.2 Å². The molecule has 1 heterocycles. The fourth-order valence-electron chi connectivity index (χ4n) is 5.04. The minimum atomic E-state index is -0.980.